The van der Waals surface area contributed by atoms with Crippen LogP contribution in [0.4, 0.5) is 4.39 Å². The first kappa shape index (κ1) is 22.2. The molecule has 0 spiro atoms. The summed E-state index contributed by atoms with van der Waals surface area (Å²) in [5, 5.41) is 11.5. The number of aliphatic imine (C=N–C) groups is 1. The molecule has 3 rings (SSSR count). The van der Waals surface area contributed by atoms with Gasteiger partial charge in [0.25, 0.3) is 0 Å². The summed E-state index contributed by atoms with van der Waals surface area (Å²) in [6.45, 7) is 4.91. The fourth-order valence-corrected chi connectivity index (χ4v) is 3.66. The van der Waals surface area contributed by atoms with Crippen molar-refractivity contribution in [1.29, 1.82) is 0 Å². The molecule has 0 aliphatic carbocycles. The first-order valence-electron chi connectivity index (χ1n) is 10.7. The zero-order chi connectivity index (χ0) is 21.2. The summed E-state index contributed by atoms with van der Waals surface area (Å²) in [6.07, 6.45) is 6.02. The normalized spacial score (nSPS) is 16.0. The molecule has 1 aliphatic heterocycles. The van der Waals surface area contributed by atoms with Gasteiger partial charge in [-0.15, -0.1) is 0 Å². The summed E-state index contributed by atoms with van der Waals surface area (Å²) in [4.78, 5) is 6.86. The van der Waals surface area contributed by atoms with E-state index in [0.717, 1.165) is 75.8 Å². The van der Waals surface area contributed by atoms with Crippen LogP contribution in [-0.4, -0.2) is 73.6 Å². The summed E-state index contributed by atoms with van der Waals surface area (Å²) >= 11 is 0. The van der Waals surface area contributed by atoms with Crippen LogP contribution in [0, 0.1) is 5.82 Å². The Hall–Kier alpha value is -2.45. The molecule has 30 heavy (non-hydrogen) atoms. The molecule has 0 bridgehead atoms. The molecule has 8 heteroatoms. The number of nitrogens with one attached hydrogen (secondary N) is 2. The molecular formula is C22H33FN6O. The van der Waals surface area contributed by atoms with E-state index in [2.05, 4.69) is 25.6 Å². The van der Waals surface area contributed by atoms with Crippen molar-refractivity contribution in [2.75, 3.05) is 46.9 Å². The zero-order valence-electron chi connectivity index (χ0n) is 18.0. The van der Waals surface area contributed by atoms with Gasteiger partial charge in [-0.1, -0.05) is 0 Å². The molecule has 2 N–H and O–H groups in total. The van der Waals surface area contributed by atoms with Gasteiger partial charge in [0.2, 0.25) is 0 Å². The highest BCUT2D eigenvalue weighted by atomic mass is 19.1. The molecule has 0 atom stereocenters. The van der Waals surface area contributed by atoms with Gasteiger partial charge in [0.05, 0.1) is 11.4 Å². The largest absolute Gasteiger partial charge is 0.385 e. The third-order valence-electron chi connectivity index (χ3n) is 5.38. The molecular weight excluding hydrogens is 383 g/mol. The van der Waals surface area contributed by atoms with Crippen LogP contribution in [-0.2, 0) is 11.2 Å². The van der Waals surface area contributed by atoms with E-state index in [4.69, 9.17) is 4.74 Å². The van der Waals surface area contributed by atoms with Crippen molar-refractivity contribution in [3.05, 3.63) is 48.0 Å². The summed E-state index contributed by atoms with van der Waals surface area (Å²) in [5.74, 6) is 0.594. The molecule has 164 valence electrons. The highest BCUT2D eigenvalue weighted by Gasteiger charge is 2.19. The Morgan fingerprint density at radius 1 is 1.23 bits per heavy atom. The number of aromatic nitrogens is 2. The second-order valence-electron chi connectivity index (χ2n) is 7.58. The molecule has 7 nitrogen and oxygen atoms in total. The summed E-state index contributed by atoms with van der Waals surface area (Å²) in [5.41, 5.74) is 1.83. The van der Waals surface area contributed by atoms with Crippen molar-refractivity contribution in [1.82, 2.24) is 25.3 Å². The Labute approximate surface area is 178 Å². The lowest BCUT2D eigenvalue weighted by molar-refractivity contribution is 0.155. The summed E-state index contributed by atoms with van der Waals surface area (Å²) < 4.78 is 20.0. The number of benzene rings is 1. The van der Waals surface area contributed by atoms with Crippen molar-refractivity contribution >= 4 is 5.96 Å². The fraction of sp³-hybridized carbons (Fsp3) is 0.545. The smallest absolute Gasteiger partial charge is 0.191 e. The van der Waals surface area contributed by atoms with Gasteiger partial charge >= 0.3 is 0 Å². The van der Waals surface area contributed by atoms with Gasteiger partial charge in [-0.3, -0.25) is 4.99 Å². The molecule has 0 radical (unpaired) electrons. The highest BCUT2D eigenvalue weighted by Crippen LogP contribution is 2.11. The lowest BCUT2D eigenvalue weighted by Crippen LogP contribution is -2.49. The van der Waals surface area contributed by atoms with Crippen LogP contribution in [0.2, 0.25) is 0 Å². The number of piperidine rings is 1. The minimum Gasteiger partial charge on any atom is -0.385 e. The standard InChI is InChI=1S/C22H33FN6O/c1-24-22(26-19-9-14-28(15-10-19)13-3-17-30-2)25-12-8-20-11-16-29(27-20)21-6-4-18(23)5-7-21/h4-7,11,16,19H,3,8-10,12-15,17H2,1-2H3,(H2,24,25,26). The average molecular weight is 417 g/mol. The third-order valence-corrected chi connectivity index (χ3v) is 5.38. The van der Waals surface area contributed by atoms with Crippen molar-refractivity contribution in [2.45, 2.75) is 31.7 Å². The number of halogens is 1. The number of rotatable bonds is 9. The number of methoxy groups -OCH3 is 1. The van der Waals surface area contributed by atoms with E-state index in [1.807, 2.05) is 12.3 Å². The predicted molar refractivity (Wildman–Crippen MR) is 118 cm³/mol. The lowest BCUT2D eigenvalue weighted by Gasteiger charge is -2.33. The van der Waals surface area contributed by atoms with Gasteiger partial charge in [-0.25, -0.2) is 9.07 Å². The van der Waals surface area contributed by atoms with E-state index in [0.29, 0.717) is 6.04 Å². The number of nitrogens with zero attached hydrogens (tertiary/aromatic N) is 4. The third kappa shape index (κ3) is 6.81. The average Bonchev–Trinajstić information content (AvgIpc) is 3.24. The number of hydrogen-bond acceptors (Lipinski definition) is 4. The SMILES string of the molecule is CN=C(NCCc1ccn(-c2ccc(F)cc2)n1)NC1CCN(CCCOC)CC1. The van der Waals surface area contributed by atoms with Crippen molar-refractivity contribution < 1.29 is 9.13 Å². The first-order valence-corrected chi connectivity index (χ1v) is 10.7. The number of hydrogen-bond donors (Lipinski definition) is 2. The Morgan fingerprint density at radius 3 is 2.70 bits per heavy atom. The maximum absolute atomic E-state index is 13.1. The van der Waals surface area contributed by atoms with Gasteiger partial charge in [0.1, 0.15) is 5.82 Å². The van der Waals surface area contributed by atoms with E-state index in [9.17, 15) is 4.39 Å². The van der Waals surface area contributed by atoms with Gasteiger partial charge in [-0.2, -0.15) is 5.10 Å². The Morgan fingerprint density at radius 2 is 2.00 bits per heavy atom. The van der Waals surface area contributed by atoms with Crippen LogP contribution >= 0.6 is 0 Å². The van der Waals surface area contributed by atoms with Crippen LogP contribution in [0.5, 0.6) is 0 Å². The van der Waals surface area contributed by atoms with Crippen molar-refractivity contribution in [3.63, 3.8) is 0 Å². The van der Waals surface area contributed by atoms with E-state index < -0.39 is 0 Å². The molecule has 0 saturated carbocycles. The molecule has 1 aromatic carbocycles. The number of guanidine groups is 1. The predicted octanol–water partition coefficient (Wildman–Crippen LogP) is 2.22. The van der Waals surface area contributed by atoms with Gasteiger partial charge in [0, 0.05) is 65.6 Å². The fourth-order valence-electron chi connectivity index (χ4n) is 3.66. The first-order chi connectivity index (χ1) is 14.7. The summed E-state index contributed by atoms with van der Waals surface area (Å²) in [6, 6.07) is 8.77. The molecule has 1 aromatic heterocycles. The second kappa shape index (κ2) is 11.7. The number of likely N-dealkylation sites (tertiary alicyclic amines) is 1. The highest BCUT2D eigenvalue weighted by molar-refractivity contribution is 5.79. The minimum absolute atomic E-state index is 0.244. The van der Waals surface area contributed by atoms with Gasteiger partial charge in [-0.05, 0) is 49.6 Å². The van der Waals surface area contributed by atoms with E-state index in [-0.39, 0.29) is 5.82 Å². The molecule has 2 heterocycles. The molecule has 2 aromatic rings. The van der Waals surface area contributed by atoms with E-state index in [1.165, 1.54) is 12.1 Å². The van der Waals surface area contributed by atoms with Crippen LogP contribution < -0.4 is 10.6 Å². The maximum atomic E-state index is 13.1. The Bertz CT molecular complexity index is 783. The van der Waals surface area contributed by atoms with Gasteiger partial charge in [0.15, 0.2) is 5.96 Å². The molecule has 0 unspecified atom stereocenters. The van der Waals surface area contributed by atoms with Crippen molar-refractivity contribution in [2.24, 2.45) is 4.99 Å². The zero-order valence-corrected chi connectivity index (χ0v) is 18.0. The van der Waals surface area contributed by atoms with Crippen LogP contribution in [0.3, 0.4) is 0 Å². The lowest BCUT2D eigenvalue weighted by atomic mass is 10.1. The van der Waals surface area contributed by atoms with Crippen LogP contribution in [0.1, 0.15) is 25.0 Å². The molecule has 1 fully saturated rings. The Kier molecular flexibility index (Phi) is 8.65. The van der Waals surface area contributed by atoms with E-state index in [1.54, 1.807) is 31.0 Å². The van der Waals surface area contributed by atoms with Crippen LogP contribution in [0.15, 0.2) is 41.5 Å². The minimum atomic E-state index is -0.244. The van der Waals surface area contributed by atoms with Crippen molar-refractivity contribution in [3.8, 4) is 5.69 Å². The van der Waals surface area contributed by atoms with E-state index >= 15 is 0 Å². The molecule has 1 saturated heterocycles. The van der Waals surface area contributed by atoms with Crippen LogP contribution in [0.25, 0.3) is 5.69 Å². The monoisotopic (exact) mass is 416 g/mol. The topological polar surface area (TPSA) is 66.7 Å². The summed E-state index contributed by atoms with van der Waals surface area (Å²) in [7, 11) is 3.56. The molecule has 1 aliphatic rings. The van der Waals surface area contributed by atoms with Gasteiger partial charge < -0.3 is 20.3 Å². The second-order valence-corrected chi connectivity index (χ2v) is 7.58. The quantitative estimate of drug-likeness (QED) is 0.373. The Balaban J connectivity index is 1.38. The molecule has 0 amide bonds. The number of ether oxygens (including phenoxy) is 1. The maximum Gasteiger partial charge on any atom is 0.191 e.